The molecule has 0 fully saturated rings. The summed E-state index contributed by atoms with van der Waals surface area (Å²) in [6.45, 7) is 10.5. The zero-order chi connectivity index (χ0) is 17.8. The minimum atomic E-state index is -0.0283. The molecule has 1 atom stereocenters. The summed E-state index contributed by atoms with van der Waals surface area (Å²) in [6, 6.07) is -0.0283. The number of nitrogens with zero attached hydrogens (tertiary/aromatic N) is 2. The van der Waals surface area contributed by atoms with Crippen molar-refractivity contribution in [2.75, 3.05) is 13.1 Å². The number of urea groups is 1. The summed E-state index contributed by atoms with van der Waals surface area (Å²) in [4.78, 5) is 19.2. The number of amides is 2. The predicted octanol–water partition coefficient (Wildman–Crippen LogP) is 3.14. The highest BCUT2D eigenvalue weighted by Crippen LogP contribution is 2.32. The van der Waals surface area contributed by atoms with E-state index in [0.717, 1.165) is 25.0 Å². The fourth-order valence-corrected chi connectivity index (χ4v) is 3.72. The molecule has 2 aliphatic heterocycles. The molecule has 0 aromatic carbocycles. The van der Waals surface area contributed by atoms with Crippen LogP contribution in [0.4, 0.5) is 4.79 Å². The quantitative estimate of drug-likeness (QED) is 0.836. The lowest BCUT2D eigenvalue weighted by Gasteiger charge is -2.34. The van der Waals surface area contributed by atoms with Crippen molar-refractivity contribution in [1.82, 2.24) is 15.2 Å². The Morgan fingerprint density at radius 3 is 3.04 bits per heavy atom. The summed E-state index contributed by atoms with van der Waals surface area (Å²) in [5.41, 5.74) is 6.29. The third-order valence-electron chi connectivity index (χ3n) is 5.12. The summed E-state index contributed by atoms with van der Waals surface area (Å²) in [6.07, 6.45) is 7.08. The number of hydrogen-bond donors (Lipinski definition) is 1. The van der Waals surface area contributed by atoms with Crippen molar-refractivity contribution in [2.24, 2.45) is 0 Å². The van der Waals surface area contributed by atoms with Crippen molar-refractivity contribution in [3.63, 3.8) is 0 Å². The van der Waals surface area contributed by atoms with Crippen LogP contribution in [0, 0.1) is 0 Å². The summed E-state index contributed by atoms with van der Waals surface area (Å²) in [5.74, 6) is 0. The molecule has 25 heavy (non-hydrogen) atoms. The molecule has 3 rings (SSSR count). The standard InChI is InChI=1S/C20H29N3O2/c1-4-6-7-18-15-11-14(3)25-13-17(15)16-12-23(10-8-19(16)22-18)20(24)21-9-5-2/h5,14H,2,4,6-13H2,1,3H3,(H,21,24)/t14-/m0/s1. The number of rotatable bonds is 5. The van der Waals surface area contributed by atoms with Gasteiger partial charge in [0.25, 0.3) is 0 Å². The maximum atomic E-state index is 12.3. The van der Waals surface area contributed by atoms with Crippen molar-refractivity contribution in [3.05, 3.63) is 40.7 Å². The van der Waals surface area contributed by atoms with E-state index in [9.17, 15) is 4.79 Å². The highest BCUT2D eigenvalue weighted by atomic mass is 16.5. The van der Waals surface area contributed by atoms with Crippen LogP contribution in [0.2, 0.25) is 0 Å². The number of ether oxygens (including phenoxy) is 1. The topological polar surface area (TPSA) is 54.5 Å². The second-order valence-corrected chi connectivity index (χ2v) is 7.02. The summed E-state index contributed by atoms with van der Waals surface area (Å²) in [5, 5.41) is 2.88. The van der Waals surface area contributed by atoms with E-state index in [1.807, 2.05) is 4.90 Å². The van der Waals surface area contributed by atoms with Crippen LogP contribution in [0.25, 0.3) is 0 Å². The van der Waals surface area contributed by atoms with E-state index in [4.69, 9.17) is 9.72 Å². The molecule has 0 aliphatic carbocycles. The first-order chi connectivity index (χ1) is 12.1. The maximum Gasteiger partial charge on any atom is 0.317 e. The number of fused-ring (bicyclic) bond motifs is 3. The monoisotopic (exact) mass is 343 g/mol. The summed E-state index contributed by atoms with van der Waals surface area (Å²) in [7, 11) is 0. The molecule has 136 valence electrons. The van der Waals surface area contributed by atoms with E-state index in [0.29, 0.717) is 26.2 Å². The predicted molar refractivity (Wildman–Crippen MR) is 98.5 cm³/mol. The molecule has 0 saturated heterocycles. The lowest BCUT2D eigenvalue weighted by Crippen LogP contribution is -2.43. The van der Waals surface area contributed by atoms with Gasteiger partial charge in [-0.15, -0.1) is 6.58 Å². The van der Waals surface area contributed by atoms with Crippen molar-refractivity contribution in [3.8, 4) is 0 Å². The number of aromatic nitrogens is 1. The van der Waals surface area contributed by atoms with E-state index >= 15 is 0 Å². The van der Waals surface area contributed by atoms with Crippen LogP contribution in [-0.4, -0.2) is 35.1 Å². The number of nitrogens with one attached hydrogen (secondary N) is 1. The van der Waals surface area contributed by atoms with Crippen LogP contribution in [0.3, 0.4) is 0 Å². The van der Waals surface area contributed by atoms with Gasteiger partial charge in [0, 0.05) is 43.9 Å². The smallest absolute Gasteiger partial charge is 0.317 e. The average Bonchev–Trinajstić information content (AvgIpc) is 2.63. The Labute approximate surface area is 150 Å². The minimum absolute atomic E-state index is 0.0283. The fourth-order valence-electron chi connectivity index (χ4n) is 3.72. The fraction of sp³-hybridized carbons (Fsp3) is 0.600. The van der Waals surface area contributed by atoms with Crippen LogP contribution in [0.15, 0.2) is 12.7 Å². The largest absolute Gasteiger partial charge is 0.373 e. The number of hydrogen-bond acceptors (Lipinski definition) is 3. The van der Waals surface area contributed by atoms with E-state index < -0.39 is 0 Å². The first-order valence-electron chi connectivity index (χ1n) is 9.41. The Morgan fingerprint density at radius 1 is 1.44 bits per heavy atom. The second kappa shape index (κ2) is 8.00. The number of unbranched alkanes of at least 4 members (excludes halogenated alkanes) is 1. The van der Waals surface area contributed by atoms with Gasteiger partial charge in [-0.1, -0.05) is 19.4 Å². The number of carbonyl (C=O) groups is 1. The van der Waals surface area contributed by atoms with Gasteiger partial charge in [-0.3, -0.25) is 4.98 Å². The van der Waals surface area contributed by atoms with Gasteiger partial charge in [0.1, 0.15) is 0 Å². The zero-order valence-corrected chi connectivity index (χ0v) is 15.4. The Bertz CT molecular complexity index is 657. The normalized spacial score (nSPS) is 19.1. The van der Waals surface area contributed by atoms with E-state index in [2.05, 4.69) is 25.7 Å². The summed E-state index contributed by atoms with van der Waals surface area (Å²) >= 11 is 0. The molecular weight excluding hydrogens is 314 g/mol. The molecule has 1 aromatic heterocycles. The van der Waals surface area contributed by atoms with Crippen molar-refractivity contribution in [1.29, 1.82) is 0 Å². The van der Waals surface area contributed by atoms with E-state index in [1.54, 1.807) is 6.08 Å². The number of aryl methyl sites for hydroxylation is 1. The van der Waals surface area contributed by atoms with Crippen molar-refractivity contribution in [2.45, 2.75) is 65.2 Å². The van der Waals surface area contributed by atoms with Crippen molar-refractivity contribution < 1.29 is 9.53 Å². The van der Waals surface area contributed by atoms with Gasteiger partial charge in [-0.2, -0.15) is 0 Å². The third-order valence-corrected chi connectivity index (χ3v) is 5.12. The molecule has 5 heteroatoms. The molecule has 0 saturated carbocycles. The molecular formula is C20H29N3O2. The van der Waals surface area contributed by atoms with E-state index in [1.165, 1.54) is 35.2 Å². The second-order valence-electron chi connectivity index (χ2n) is 7.02. The number of carbonyl (C=O) groups excluding carboxylic acids is 1. The Kier molecular flexibility index (Phi) is 5.74. The van der Waals surface area contributed by atoms with Crippen LogP contribution in [-0.2, 0) is 37.2 Å². The minimum Gasteiger partial charge on any atom is -0.373 e. The molecule has 0 radical (unpaired) electrons. The van der Waals surface area contributed by atoms with Gasteiger partial charge >= 0.3 is 6.03 Å². The summed E-state index contributed by atoms with van der Waals surface area (Å²) < 4.78 is 5.93. The highest BCUT2D eigenvalue weighted by Gasteiger charge is 2.29. The molecule has 2 amide bonds. The molecule has 0 unspecified atom stereocenters. The van der Waals surface area contributed by atoms with Crippen LogP contribution in [0.1, 0.15) is 54.8 Å². The zero-order valence-electron chi connectivity index (χ0n) is 15.4. The lowest BCUT2D eigenvalue weighted by atomic mass is 9.89. The van der Waals surface area contributed by atoms with Crippen LogP contribution < -0.4 is 5.32 Å². The van der Waals surface area contributed by atoms with Gasteiger partial charge in [-0.25, -0.2) is 4.79 Å². The SMILES string of the molecule is C=CCNC(=O)N1CCc2nc(CCCC)c3c(c2C1)CO[C@@H](C)C3. The molecule has 1 N–H and O–H groups in total. The Hall–Kier alpha value is -1.88. The highest BCUT2D eigenvalue weighted by molar-refractivity contribution is 5.74. The first-order valence-corrected chi connectivity index (χ1v) is 9.41. The molecule has 0 bridgehead atoms. The molecule has 1 aromatic rings. The van der Waals surface area contributed by atoms with E-state index in [-0.39, 0.29) is 12.1 Å². The molecule has 3 heterocycles. The third kappa shape index (κ3) is 3.87. The van der Waals surface area contributed by atoms with Gasteiger partial charge in [0.2, 0.25) is 0 Å². The number of pyridine rings is 1. The lowest BCUT2D eigenvalue weighted by molar-refractivity contribution is 0.0393. The van der Waals surface area contributed by atoms with Gasteiger partial charge in [0.05, 0.1) is 12.7 Å². The van der Waals surface area contributed by atoms with Crippen LogP contribution in [0.5, 0.6) is 0 Å². The Morgan fingerprint density at radius 2 is 2.28 bits per heavy atom. The van der Waals surface area contributed by atoms with Gasteiger partial charge in [-0.05, 0) is 36.5 Å². The Balaban J connectivity index is 1.90. The van der Waals surface area contributed by atoms with Gasteiger partial charge < -0.3 is 15.0 Å². The average molecular weight is 343 g/mol. The first kappa shape index (κ1) is 17.9. The molecule has 5 nitrogen and oxygen atoms in total. The van der Waals surface area contributed by atoms with Crippen LogP contribution >= 0.6 is 0 Å². The molecule has 0 spiro atoms. The van der Waals surface area contributed by atoms with Crippen molar-refractivity contribution >= 4 is 6.03 Å². The molecule has 2 aliphatic rings. The van der Waals surface area contributed by atoms with Gasteiger partial charge in [0.15, 0.2) is 0 Å². The maximum absolute atomic E-state index is 12.3.